The van der Waals surface area contributed by atoms with Crippen LogP contribution in [0, 0.1) is 16.0 Å². The number of nitrogens with zero attached hydrogens (tertiary/aromatic N) is 2. The number of nitro benzene ring substituents is 1. The van der Waals surface area contributed by atoms with Crippen molar-refractivity contribution in [2.24, 2.45) is 5.92 Å². The van der Waals surface area contributed by atoms with Gasteiger partial charge in [-0.3, -0.25) is 10.1 Å². The van der Waals surface area contributed by atoms with E-state index < -0.39 is 22.1 Å². The van der Waals surface area contributed by atoms with E-state index in [9.17, 15) is 14.9 Å². The normalized spacial score (nSPS) is 16.1. The number of hydrogen-bond acceptors (Lipinski definition) is 6. The van der Waals surface area contributed by atoms with Crippen LogP contribution in [0.25, 0.3) is 0 Å². The van der Waals surface area contributed by atoms with E-state index in [-0.39, 0.29) is 11.5 Å². The molecule has 1 aromatic rings. The molecule has 1 saturated heterocycles. The second-order valence-electron chi connectivity index (χ2n) is 5.64. The topological polar surface area (TPSA) is 102 Å². The van der Waals surface area contributed by atoms with Crippen molar-refractivity contribution in [3.05, 3.63) is 27.8 Å². The third kappa shape index (κ3) is 4.10. The first-order valence-electron chi connectivity index (χ1n) is 7.33. The molecule has 0 radical (unpaired) electrons. The Morgan fingerprint density at radius 3 is 2.57 bits per heavy atom. The van der Waals surface area contributed by atoms with Crippen LogP contribution < -0.4 is 9.47 Å². The average molecular weight is 324 g/mol. The first-order valence-corrected chi connectivity index (χ1v) is 7.33. The van der Waals surface area contributed by atoms with Gasteiger partial charge in [0.25, 0.3) is 5.69 Å². The third-order valence-corrected chi connectivity index (χ3v) is 4.02. The van der Waals surface area contributed by atoms with Gasteiger partial charge in [0, 0.05) is 6.07 Å². The van der Waals surface area contributed by atoms with Crippen molar-refractivity contribution in [2.75, 3.05) is 33.9 Å². The fourth-order valence-corrected chi connectivity index (χ4v) is 2.58. The highest BCUT2D eigenvalue weighted by Crippen LogP contribution is 2.35. The third-order valence-electron chi connectivity index (χ3n) is 4.02. The first-order chi connectivity index (χ1) is 10.9. The molecule has 1 N–H and O–H groups in total. The van der Waals surface area contributed by atoms with Crippen molar-refractivity contribution in [3.63, 3.8) is 0 Å². The molecule has 0 aliphatic carbocycles. The van der Waals surface area contributed by atoms with Crippen molar-refractivity contribution >= 4 is 11.7 Å². The van der Waals surface area contributed by atoms with Gasteiger partial charge in [-0.2, -0.15) is 0 Å². The second kappa shape index (κ2) is 7.28. The summed E-state index contributed by atoms with van der Waals surface area (Å²) in [4.78, 5) is 23.7. The molecular weight excluding hydrogens is 304 g/mol. The lowest BCUT2D eigenvalue weighted by molar-refractivity contribution is -0.385. The highest BCUT2D eigenvalue weighted by atomic mass is 16.6. The minimum Gasteiger partial charge on any atom is -0.493 e. The number of benzene rings is 1. The number of likely N-dealkylation sites (tertiary alicyclic amines) is 1. The van der Waals surface area contributed by atoms with E-state index in [2.05, 4.69) is 11.9 Å². The largest absolute Gasteiger partial charge is 0.493 e. The van der Waals surface area contributed by atoms with Crippen molar-refractivity contribution < 1.29 is 24.3 Å². The van der Waals surface area contributed by atoms with Crippen LogP contribution in [0.1, 0.15) is 23.2 Å². The number of hydrogen-bond donors (Lipinski definition) is 1. The van der Waals surface area contributed by atoms with Gasteiger partial charge in [0.1, 0.15) is 5.56 Å². The van der Waals surface area contributed by atoms with Crippen LogP contribution in [0.4, 0.5) is 5.69 Å². The molecule has 0 aromatic heterocycles. The molecule has 0 bridgehead atoms. The molecule has 0 atom stereocenters. The maximum absolute atomic E-state index is 11.1. The number of nitro groups is 1. The zero-order valence-corrected chi connectivity index (χ0v) is 13.2. The Bertz CT molecular complexity index is 596. The molecular formula is C15H20N2O6. The van der Waals surface area contributed by atoms with Gasteiger partial charge in [0.05, 0.1) is 24.7 Å². The van der Waals surface area contributed by atoms with Gasteiger partial charge in [-0.1, -0.05) is 0 Å². The molecule has 8 heteroatoms. The summed E-state index contributed by atoms with van der Waals surface area (Å²) in [5.74, 6) is -0.630. The fraction of sp³-hybridized carbons (Fsp3) is 0.533. The second-order valence-corrected chi connectivity index (χ2v) is 5.64. The minimum atomic E-state index is -1.38. The number of ether oxygens (including phenoxy) is 2. The molecule has 1 aliphatic rings. The number of carbonyl (C=O) groups is 1. The highest BCUT2D eigenvalue weighted by molar-refractivity contribution is 5.93. The van der Waals surface area contributed by atoms with Crippen molar-refractivity contribution in [1.82, 2.24) is 4.90 Å². The van der Waals surface area contributed by atoms with Crippen LogP contribution in [0.15, 0.2) is 12.1 Å². The molecule has 1 aromatic carbocycles. The molecule has 126 valence electrons. The zero-order chi connectivity index (χ0) is 17.0. The lowest BCUT2D eigenvalue weighted by Gasteiger charge is -2.28. The summed E-state index contributed by atoms with van der Waals surface area (Å²) in [6.45, 7) is 2.40. The Labute approximate surface area is 133 Å². The van der Waals surface area contributed by atoms with Crippen LogP contribution in [-0.4, -0.2) is 54.8 Å². The van der Waals surface area contributed by atoms with Gasteiger partial charge in [0.15, 0.2) is 11.5 Å². The standard InChI is InChI=1S/C15H20N2O6/c1-16-5-3-10(4-6-16)9-23-14-8-12(17(20)21)11(15(18)19)7-13(14)22-2/h7-8,10H,3-6,9H2,1-2H3,(H,18,19). The summed E-state index contributed by atoms with van der Waals surface area (Å²) in [5.41, 5.74) is -0.921. The number of aromatic carboxylic acids is 1. The molecule has 0 saturated carbocycles. The molecule has 0 spiro atoms. The predicted molar refractivity (Wildman–Crippen MR) is 82.3 cm³/mol. The van der Waals surface area contributed by atoms with Crippen LogP contribution in [-0.2, 0) is 0 Å². The Kier molecular flexibility index (Phi) is 5.38. The highest BCUT2D eigenvalue weighted by Gasteiger charge is 2.25. The lowest BCUT2D eigenvalue weighted by Crippen LogP contribution is -2.32. The number of carboxylic acids is 1. The van der Waals surface area contributed by atoms with E-state index in [0.717, 1.165) is 38.1 Å². The van der Waals surface area contributed by atoms with E-state index in [1.807, 2.05) is 0 Å². The van der Waals surface area contributed by atoms with Gasteiger partial charge in [-0.05, 0) is 38.9 Å². The summed E-state index contributed by atoms with van der Waals surface area (Å²) in [7, 11) is 3.43. The van der Waals surface area contributed by atoms with Crippen LogP contribution in [0.3, 0.4) is 0 Å². The number of methoxy groups -OCH3 is 1. The van der Waals surface area contributed by atoms with Gasteiger partial charge in [-0.25, -0.2) is 4.79 Å². The predicted octanol–water partition coefficient (Wildman–Crippen LogP) is 2.02. The maximum Gasteiger partial charge on any atom is 0.342 e. The van der Waals surface area contributed by atoms with Gasteiger partial charge >= 0.3 is 5.97 Å². The summed E-state index contributed by atoms with van der Waals surface area (Å²) in [6.07, 6.45) is 1.99. The average Bonchev–Trinajstić information content (AvgIpc) is 2.53. The van der Waals surface area contributed by atoms with Crippen molar-refractivity contribution in [1.29, 1.82) is 0 Å². The number of carboxylic acid groups (broad SMARTS) is 1. The van der Waals surface area contributed by atoms with E-state index >= 15 is 0 Å². The summed E-state index contributed by atoms with van der Waals surface area (Å²) >= 11 is 0. The monoisotopic (exact) mass is 324 g/mol. The van der Waals surface area contributed by atoms with E-state index in [1.54, 1.807) is 0 Å². The minimum absolute atomic E-state index is 0.181. The van der Waals surface area contributed by atoms with Crippen molar-refractivity contribution in [2.45, 2.75) is 12.8 Å². The Morgan fingerprint density at radius 1 is 1.39 bits per heavy atom. The molecule has 8 nitrogen and oxygen atoms in total. The number of rotatable bonds is 6. The molecule has 1 aliphatic heterocycles. The number of piperidine rings is 1. The summed E-state index contributed by atoms with van der Waals surface area (Å²) in [5, 5.41) is 20.1. The molecule has 0 amide bonds. The van der Waals surface area contributed by atoms with Crippen LogP contribution in [0.2, 0.25) is 0 Å². The smallest absolute Gasteiger partial charge is 0.342 e. The lowest BCUT2D eigenvalue weighted by atomic mass is 9.98. The summed E-state index contributed by atoms with van der Waals surface area (Å²) < 4.78 is 10.8. The fourth-order valence-electron chi connectivity index (χ4n) is 2.58. The van der Waals surface area contributed by atoms with E-state index in [1.165, 1.54) is 7.11 Å². The van der Waals surface area contributed by atoms with Gasteiger partial charge in [0.2, 0.25) is 0 Å². The van der Waals surface area contributed by atoms with E-state index in [4.69, 9.17) is 14.6 Å². The zero-order valence-electron chi connectivity index (χ0n) is 13.2. The molecule has 0 unspecified atom stereocenters. The maximum atomic E-state index is 11.1. The molecule has 2 rings (SSSR count). The molecule has 23 heavy (non-hydrogen) atoms. The Balaban J connectivity index is 2.18. The summed E-state index contributed by atoms with van der Waals surface area (Å²) in [6, 6.07) is 2.25. The quantitative estimate of drug-likeness (QED) is 0.631. The Hall–Kier alpha value is -2.35. The SMILES string of the molecule is COc1cc(C(=O)O)c([N+](=O)[O-])cc1OCC1CCN(C)CC1. The van der Waals surface area contributed by atoms with Crippen LogP contribution >= 0.6 is 0 Å². The van der Waals surface area contributed by atoms with Gasteiger partial charge < -0.3 is 19.5 Å². The molecule has 1 fully saturated rings. The van der Waals surface area contributed by atoms with Crippen molar-refractivity contribution in [3.8, 4) is 11.5 Å². The molecule has 1 heterocycles. The Morgan fingerprint density at radius 2 is 2.04 bits per heavy atom. The van der Waals surface area contributed by atoms with Crippen LogP contribution in [0.5, 0.6) is 11.5 Å². The first kappa shape index (κ1) is 17.0. The van der Waals surface area contributed by atoms with E-state index in [0.29, 0.717) is 12.5 Å². The van der Waals surface area contributed by atoms with Gasteiger partial charge in [-0.15, -0.1) is 0 Å².